The molecule has 14 heavy (non-hydrogen) atoms. The van der Waals surface area contributed by atoms with Crippen LogP contribution in [0.5, 0.6) is 0 Å². The first kappa shape index (κ1) is 12.0. The lowest BCUT2D eigenvalue weighted by Crippen LogP contribution is -2.67. The van der Waals surface area contributed by atoms with E-state index in [4.69, 9.17) is 0 Å². The van der Waals surface area contributed by atoms with E-state index in [0.717, 1.165) is 6.54 Å². The zero-order valence-corrected chi connectivity index (χ0v) is 10.5. The van der Waals surface area contributed by atoms with E-state index in [1.807, 2.05) is 0 Å². The fraction of sp³-hybridized carbons (Fsp3) is 1.00. The van der Waals surface area contributed by atoms with Gasteiger partial charge in [0.05, 0.1) is 0 Å². The number of hydrogen-bond acceptors (Lipinski definition) is 2. The molecule has 1 rings (SSSR count). The second-order valence-electron chi connectivity index (χ2n) is 5.13. The molecule has 0 bridgehead atoms. The molecule has 1 fully saturated rings. The van der Waals surface area contributed by atoms with Crippen LogP contribution in [0.3, 0.4) is 0 Å². The van der Waals surface area contributed by atoms with Crippen LogP contribution >= 0.6 is 0 Å². The van der Waals surface area contributed by atoms with Crippen molar-refractivity contribution in [1.82, 2.24) is 10.2 Å². The molecule has 2 heteroatoms. The van der Waals surface area contributed by atoms with Crippen molar-refractivity contribution in [1.29, 1.82) is 0 Å². The van der Waals surface area contributed by atoms with Gasteiger partial charge in [0.15, 0.2) is 0 Å². The Balaban J connectivity index is 2.73. The van der Waals surface area contributed by atoms with Crippen LogP contribution in [0, 0.1) is 0 Å². The fourth-order valence-corrected chi connectivity index (χ4v) is 2.26. The average molecular weight is 198 g/mol. The van der Waals surface area contributed by atoms with Crippen molar-refractivity contribution in [3.05, 3.63) is 0 Å². The lowest BCUT2D eigenvalue weighted by Gasteiger charge is -2.51. The molecule has 0 radical (unpaired) electrons. The highest BCUT2D eigenvalue weighted by atomic mass is 15.3. The van der Waals surface area contributed by atoms with Crippen LogP contribution in [0.15, 0.2) is 0 Å². The van der Waals surface area contributed by atoms with E-state index in [0.29, 0.717) is 11.1 Å². The SMILES string of the molecule is CCN1CC(C)(CC)NCC1(C)CC. The number of piperazine rings is 1. The quantitative estimate of drug-likeness (QED) is 0.748. The van der Waals surface area contributed by atoms with Gasteiger partial charge < -0.3 is 5.32 Å². The third-order valence-electron chi connectivity index (χ3n) is 4.12. The van der Waals surface area contributed by atoms with Gasteiger partial charge in [0.25, 0.3) is 0 Å². The minimum absolute atomic E-state index is 0.324. The van der Waals surface area contributed by atoms with Crippen molar-refractivity contribution < 1.29 is 0 Å². The summed E-state index contributed by atoms with van der Waals surface area (Å²) in [6, 6.07) is 0. The third-order valence-corrected chi connectivity index (χ3v) is 4.12. The normalized spacial score (nSPS) is 40.1. The fourth-order valence-electron chi connectivity index (χ4n) is 2.26. The third kappa shape index (κ3) is 2.12. The number of likely N-dealkylation sites (N-methyl/N-ethyl adjacent to an activating group) is 1. The topological polar surface area (TPSA) is 15.3 Å². The smallest absolute Gasteiger partial charge is 0.0304 e. The number of hydrogen-bond donors (Lipinski definition) is 1. The van der Waals surface area contributed by atoms with E-state index in [1.165, 1.54) is 25.9 Å². The Labute approximate surface area is 89.1 Å². The minimum Gasteiger partial charge on any atom is -0.308 e. The monoisotopic (exact) mass is 198 g/mol. The highest BCUT2D eigenvalue weighted by molar-refractivity contribution is 5.00. The van der Waals surface area contributed by atoms with E-state index in [9.17, 15) is 0 Å². The zero-order chi connectivity index (χ0) is 10.8. The maximum atomic E-state index is 3.71. The Morgan fingerprint density at radius 2 is 1.79 bits per heavy atom. The van der Waals surface area contributed by atoms with E-state index in [-0.39, 0.29) is 0 Å². The first-order valence-electron chi connectivity index (χ1n) is 6.00. The van der Waals surface area contributed by atoms with Crippen LogP contribution < -0.4 is 5.32 Å². The van der Waals surface area contributed by atoms with E-state index in [2.05, 4.69) is 44.8 Å². The summed E-state index contributed by atoms with van der Waals surface area (Å²) in [5, 5.41) is 3.71. The van der Waals surface area contributed by atoms with E-state index in [1.54, 1.807) is 0 Å². The Morgan fingerprint density at radius 3 is 2.21 bits per heavy atom. The van der Waals surface area contributed by atoms with Crippen LogP contribution in [-0.2, 0) is 0 Å². The van der Waals surface area contributed by atoms with Gasteiger partial charge >= 0.3 is 0 Å². The summed E-state index contributed by atoms with van der Waals surface area (Å²) < 4.78 is 0. The molecule has 1 heterocycles. The summed E-state index contributed by atoms with van der Waals surface area (Å²) in [4.78, 5) is 2.63. The summed E-state index contributed by atoms with van der Waals surface area (Å²) in [6.45, 7) is 15.0. The van der Waals surface area contributed by atoms with Gasteiger partial charge in [-0.25, -0.2) is 0 Å². The number of nitrogens with zero attached hydrogens (tertiary/aromatic N) is 1. The lowest BCUT2D eigenvalue weighted by atomic mass is 9.86. The summed E-state index contributed by atoms with van der Waals surface area (Å²) in [5.41, 5.74) is 0.689. The molecule has 1 aliphatic rings. The largest absolute Gasteiger partial charge is 0.308 e. The molecule has 2 unspecified atom stereocenters. The summed E-state index contributed by atoms with van der Waals surface area (Å²) in [6.07, 6.45) is 2.44. The molecule has 0 spiro atoms. The predicted octanol–water partition coefficient (Wildman–Crippen LogP) is 2.25. The molecular weight excluding hydrogens is 172 g/mol. The molecule has 0 aliphatic carbocycles. The number of nitrogens with one attached hydrogen (secondary N) is 1. The Morgan fingerprint density at radius 1 is 1.14 bits per heavy atom. The van der Waals surface area contributed by atoms with Crippen molar-refractivity contribution in [3.8, 4) is 0 Å². The molecule has 2 atom stereocenters. The predicted molar refractivity (Wildman–Crippen MR) is 62.6 cm³/mol. The second-order valence-corrected chi connectivity index (χ2v) is 5.13. The Bertz CT molecular complexity index is 193. The van der Waals surface area contributed by atoms with Crippen LogP contribution in [0.25, 0.3) is 0 Å². The van der Waals surface area contributed by atoms with Crippen molar-refractivity contribution in [2.45, 2.75) is 58.5 Å². The molecule has 1 saturated heterocycles. The minimum atomic E-state index is 0.324. The number of rotatable bonds is 3. The van der Waals surface area contributed by atoms with Crippen LogP contribution in [0.1, 0.15) is 47.5 Å². The maximum Gasteiger partial charge on any atom is 0.0304 e. The molecule has 84 valence electrons. The second kappa shape index (κ2) is 4.19. The molecule has 1 aliphatic heterocycles. The van der Waals surface area contributed by atoms with Gasteiger partial charge in [-0.15, -0.1) is 0 Å². The van der Waals surface area contributed by atoms with Crippen LogP contribution in [-0.4, -0.2) is 35.6 Å². The first-order chi connectivity index (χ1) is 6.49. The van der Waals surface area contributed by atoms with Crippen molar-refractivity contribution >= 4 is 0 Å². The van der Waals surface area contributed by atoms with Gasteiger partial charge in [0, 0.05) is 24.2 Å². The maximum absolute atomic E-state index is 3.71. The molecule has 0 aromatic rings. The zero-order valence-electron chi connectivity index (χ0n) is 10.5. The van der Waals surface area contributed by atoms with Gasteiger partial charge in [-0.05, 0) is 33.2 Å². The van der Waals surface area contributed by atoms with Crippen molar-refractivity contribution in [2.24, 2.45) is 0 Å². The summed E-state index contributed by atoms with van der Waals surface area (Å²) in [7, 11) is 0. The highest BCUT2D eigenvalue weighted by Gasteiger charge is 2.39. The molecule has 0 aromatic carbocycles. The van der Waals surface area contributed by atoms with E-state index >= 15 is 0 Å². The van der Waals surface area contributed by atoms with Gasteiger partial charge in [0.2, 0.25) is 0 Å². The Hall–Kier alpha value is -0.0800. The van der Waals surface area contributed by atoms with Crippen molar-refractivity contribution in [3.63, 3.8) is 0 Å². The lowest BCUT2D eigenvalue weighted by molar-refractivity contribution is 0.0215. The molecule has 2 nitrogen and oxygen atoms in total. The van der Waals surface area contributed by atoms with Crippen LogP contribution in [0.4, 0.5) is 0 Å². The van der Waals surface area contributed by atoms with Gasteiger partial charge in [0.1, 0.15) is 0 Å². The molecular formula is C12H26N2. The van der Waals surface area contributed by atoms with E-state index < -0.39 is 0 Å². The average Bonchev–Trinajstić information content (AvgIpc) is 2.22. The van der Waals surface area contributed by atoms with Gasteiger partial charge in [-0.1, -0.05) is 20.8 Å². The molecule has 1 N–H and O–H groups in total. The summed E-state index contributed by atoms with van der Waals surface area (Å²) in [5.74, 6) is 0. The van der Waals surface area contributed by atoms with Gasteiger partial charge in [-0.3, -0.25) is 4.90 Å². The molecule has 0 aromatic heterocycles. The summed E-state index contributed by atoms with van der Waals surface area (Å²) >= 11 is 0. The van der Waals surface area contributed by atoms with Crippen molar-refractivity contribution in [2.75, 3.05) is 19.6 Å². The van der Waals surface area contributed by atoms with Gasteiger partial charge in [-0.2, -0.15) is 0 Å². The Kier molecular flexibility index (Phi) is 3.59. The highest BCUT2D eigenvalue weighted by Crippen LogP contribution is 2.27. The molecule has 0 saturated carbocycles. The standard InChI is InChI=1S/C12H26N2/c1-6-11(4)10-14(8-3)12(5,7-2)9-13-11/h13H,6-10H2,1-5H3. The molecule has 0 amide bonds. The first-order valence-corrected chi connectivity index (χ1v) is 6.00. The van der Waals surface area contributed by atoms with Crippen LogP contribution in [0.2, 0.25) is 0 Å².